The zero-order chi connectivity index (χ0) is 33.8. The van der Waals surface area contributed by atoms with Gasteiger partial charge in [0.2, 0.25) is 0 Å². The Bertz CT molecular complexity index is 1870. The maximum absolute atomic E-state index is 14.6. The van der Waals surface area contributed by atoms with E-state index in [-0.39, 0.29) is 18.1 Å². The molecule has 49 heavy (non-hydrogen) atoms. The van der Waals surface area contributed by atoms with Crippen LogP contribution in [0.3, 0.4) is 0 Å². The van der Waals surface area contributed by atoms with E-state index < -0.39 is 0 Å². The summed E-state index contributed by atoms with van der Waals surface area (Å²) in [6.07, 6.45) is 4.08. The molecule has 3 aromatic carbocycles. The van der Waals surface area contributed by atoms with Crippen LogP contribution in [0.1, 0.15) is 22.5 Å². The fraction of sp³-hybridized carbons (Fsp3) is 0.289. The number of pyridine rings is 1. The molecule has 0 unspecified atom stereocenters. The first-order valence-corrected chi connectivity index (χ1v) is 16.5. The molecule has 1 N–H and O–H groups in total. The average Bonchev–Trinajstić information content (AvgIpc) is 3.44. The second kappa shape index (κ2) is 16.6. The summed E-state index contributed by atoms with van der Waals surface area (Å²) in [5, 5.41) is 3.32. The Hall–Kier alpha value is -5.39. The highest BCUT2D eigenvalue weighted by atomic mass is 16.5. The van der Waals surface area contributed by atoms with Crippen LogP contribution in [-0.4, -0.2) is 84.6 Å². The average molecular weight is 664 g/mol. The molecule has 2 aromatic heterocycles. The van der Waals surface area contributed by atoms with Crippen LogP contribution in [0.15, 0.2) is 108 Å². The number of hydrogen-bond donors (Lipinski definition) is 1. The molecule has 1 amide bonds. The minimum Gasteiger partial charge on any atom is -0.493 e. The third-order valence-corrected chi connectivity index (χ3v) is 8.13. The summed E-state index contributed by atoms with van der Waals surface area (Å²) >= 11 is 0. The molecule has 5 aromatic rings. The van der Waals surface area contributed by atoms with Crippen LogP contribution in [0.4, 0.5) is 0 Å². The van der Waals surface area contributed by atoms with Gasteiger partial charge in [-0.3, -0.25) is 18.9 Å². The van der Waals surface area contributed by atoms with E-state index in [2.05, 4.69) is 10.3 Å². The Labute approximate surface area is 285 Å². The van der Waals surface area contributed by atoms with Crippen LogP contribution in [0.25, 0.3) is 16.9 Å². The van der Waals surface area contributed by atoms with Crippen molar-refractivity contribution in [3.05, 3.63) is 125 Å². The summed E-state index contributed by atoms with van der Waals surface area (Å²) in [5.74, 6) is 1.74. The number of nitrogens with zero attached hydrogens (tertiary/aromatic N) is 4. The lowest BCUT2D eigenvalue weighted by Crippen LogP contribution is -2.47. The van der Waals surface area contributed by atoms with Gasteiger partial charge in [0, 0.05) is 64.1 Å². The van der Waals surface area contributed by atoms with Crippen molar-refractivity contribution in [1.29, 1.82) is 0 Å². The van der Waals surface area contributed by atoms with E-state index in [1.165, 1.54) is 0 Å². The fourth-order valence-corrected chi connectivity index (χ4v) is 5.80. The van der Waals surface area contributed by atoms with E-state index in [0.717, 1.165) is 17.5 Å². The summed E-state index contributed by atoms with van der Waals surface area (Å²) in [4.78, 5) is 35.0. The minimum absolute atomic E-state index is 0.162. The number of rotatable bonds is 15. The Morgan fingerprint density at radius 3 is 2.27 bits per heavy atom. The molecular formula is C38H41N5O6. The van der Waals surface area contributed by atoms with Crippen LogP contribution in [0.5, 0.6) is 17.2 Å². The molecule has 3 heterocycles. The highest BCUT2D eigenvalue weighted by Crippen LogP contribution is 2.30. The summed E-state index contributed by atoms with van der Waals surface area (Å²) in [7, 11) is 1.66. The van der Waals surface area contributed by atoms with Crippen molar-refractivity contribution < 1.29 is 23.7 Å². The van der Waals surface area contributed by atoms with Crippen molar-refractivity contribution in [2.45, 2.75) is 13.0 Å². The molecule has 0 bridgehead atoms. The maximum atomic E-state index is 14.6. The number of amides is 1. The van der Waals surface area contributed by atoms with Gasteiger partial charge in [0.1, 0.15) is 36.2 Å². The van der Waals surface area contributed by atoms with Gasteiger partial charge in [0.25, 0.3) is 5.91 Å². The number of ether oxygens (including phenoxy) is 4. The molecule has 0 radical (unpaired) electrons. The van der Waals surface area contributed by atoms with E-state index >= 15 is 0 Å². The molecule has 0 atom stereocenters. The van der Waals surface area contributed by atoms with Gasteiger partial charge in [-0.1, -0.05) is 48.5 Å². The van der Waals surface area contributed by atoms with Gasteiger partial charge in [-0.15, -0.1) is 0 Å². The Morgan fingerprint density at radius 2 is 1.51 bits per heavy atom. The number of hydrogen-bond acceptors (Lipinski definition) is 8. The molecule has 11 nitrogen and oxygen atoms in total. The first-order chi connectivity index (χ1) is 24.1. The zero-order valence-corrected chi connectivity index (χ0v) is 27.6. The van der Waals surface area contributed by atoms with Crippen molar-refractivity contribution in [3.8, 4) is 34.2 Å². The second-order valence-electron chi connectivity index (χ2n) is 11.5. The molecule has 254 valence electrons. The number of methoxy groups -OCH3 is 1. The first-order valence-electron chi connectivity index (χ1n) is 16.5. The molecule has 1 aliphatic rings. The van der Waals surface area contributed by atoms with E-state index in [9.17, 15) is 9.59 Å². The van der Waals surface area contributed by atoms with Crippen molar-refractivity contribution in [1.82, 2.24) is 24.3 Å². The Morgan fingerprint density at radius 1 is 0.796 bits per heavy atom. The van der Waals surface area contributed by atoms with E-state index in [4.69, 9.17) is 18.9 Å². The third kappa shape index (κ3) is 8.37. The molecule has 6 rings (SSSR count). The number of benzene rings is 3. The lowest BCUT2D eigenvalue weighted by Gasteiger charge is -2.28. The topological polar surface area (TPSA) is 109 Å². The summed E-state index contributed by atoms with van der Waals surface area (Å²) in [5.41, 5.74) is 2.71. The molecule has 1 aliphatic heterocycles. The minimum atomic E-state index is -0.329. The van der Waals surface area contributed by atoms with Gasteiger partial charge in [0.05, 0.1) is 30.7 Å². The van der Waals surface area contributed by atoms with Crippen LogP contribution in [0.2, 0.25) is 0 Å². The summed E-state index contributed by atoms with van der Waals surface area (Å²) in [6.45, 7) is 4.34. The predicted molar refractivity (Wildman–Crippen MR) is 187 cm³/mol. The van der Waals surface area contributed by atoms with Gasteiger partial charge in [-0.2, -0.15) is 0 Å². The van der Waals surface area contributed by atoms with E-state index in [1.807, 2.05) is 95.9 Å². The normalized spacial score (nSPS) is 12.9. The van der Waals surface area contributed by atoms with Gasteiger partial charge < -0.3 is 29.2 Å². The lowest BCUT2D eigenvalue weighted by molar-refractivity contribution is 0.0725. The van der Waals surface area contributed by atoms with Gasteiger partial charge in [0.15, 0.2) is 0 Å². The number of carbonyl (C=O) groups excluding carboxylic acids is 1. The van der Waals surface area contributed by atoms with Crippen molar-refractivity contribution >= 4 is 5.91 Å². The van der Waals surface area contributed by atoms with Crippen molar-refractivity contribution in [3.63, 3.8) is 0 Å². The van der Waals surface area contributed by atoms with Crippen molar-refractivity contribution in [2.75, 3.05) is 59.7 Å². The highest BCUT2D eigenvalue weighted by Gasteiger charge is 2.31. The summed E-state index contributed by atoms with van der Waals surface area (Å²) < 4.78 is 26.1. The first kappa shape index (κ1) is 33.5. The molecule has 0 spiro atoms. The maximum Gasteiger partial charge on any atom is 0.334 e. The smallest absolute Gasteiger partial charge is 0.334 e. The third-order valence-electron chi connectivity index (χ3n) is 8.13. The lowest BCUT2D eigenvalue weighted by atomic mass is 10.1. The molecular weight excluding hydrogens is 622 g/mol. The fourth-order valence-electron chi connectivity index (χ4n) is 5.80. The standard InChI is InChI=1S/C38H41N5O6/c1-46-21-8-22-47-33-14-6-12-31(26-33)43-35(30-10-3-2-4-11-30)36(37(44)41-19-17-39-18-20-41)42(38(43)45)28-29-9-5-13-32(25-29)48-23-24-49-34-15-7-16-40-27-34/h2-7,9-16,25-27,39H,8,17-24,28H2,1H3. The van der Waals surface area contributed by atoms with Gasteiger partial charge in [-0.25, -0.2) is 4.79 Å². The summed E-state index contributed by atoms with van der Waals surface area (Å²) in [6, 6.07) is 28.2. The molecule has 0 aliphatic carbocycles. The van der Waals surface area contributed by atoms with Crippen LogP contribution in [-0.2, 0) is 11.3 Å². The van der Waals surface area contributed by atoms with Gasteiger partial charge >= 0.3 is 5.69 Å². The number of aromatic nitrogens is 3. The molecule has 1 fully saturated rings. The quantitative estimate of drug-likeness (QED) is 0.161. The van der Waals surface area contributed by atoms with E-state index in [0.29, 0.717) is 86.9 Å². The molecule has 11 heteroatoms. The monoisotopic (exact) mass is 663 g/mol. The highest BCUT2D eigenvalue weighted by molar-refractivity contribution is 5.99. The SMILES string of the molecule is COCCCOc1cccc(-n2c(-c3ccccc3)c(C(=O)N3CCNCC3)n(Cc3cccc(OCCOc4cccnc4)c3)c2=O)c1. The van der Waals surface area contributed by atoms with E-state index in [1.54, 1.807) is 28.6 Å². The van der Waals surface area contributed by atoms with Crippen LogP contribution < -0.4 is 25.2 Å². The predicted octanol–water partition coefficient (Wildman–Crippen LogP) is 4.67. The van der Waals surface area contributed by atoms with Gasteiger partial charge in [-0.05, 0) is 42.0 Å². The number of carbonyl (C=O) groups is 1. The molecule has 1 saturated heterocycles. The van der Waals surface area contributed by atoms with Crippen LogP contribution >= 0.6 is 0 Å². The van der Waals surface area contributed by atoms with Crippen LogP contribution in [0, 0.1) is 0 Å². The largest absolute Gasteiger partial charge is 0.493 e. The van der Waals surface area contributed by atoms with Crippen molar-refractivity contribution in [2.24, 2.45) is 0 Å². The zero-order valence-electron chi connectivity index (χ0n) is 27.6. The number of piperazine rings is 1. The Balaban J connectivity index is 1.37. The second-order valence-corrected chi connectivity index (χ2v) is 11.5. The Kier molecular flexibility index (Phi) is 11.4. The number of nitrogens with one attached hydrogen (secondary N) is 1. The number of imidazole rings is 1. The molecule has 0 saturated carbocycles.